The Morgan fingerprint density at radius 2 is 1.57 bits per heavy atom. The van der Waals surface area contributed by atoms with Gasteiger partial charge in [-0.3, -0.25) is 0 Å². The number of furan rings is 1. The first kappa shape index (κ1) is 21.4. The van der Waals surface area contributed by atoms with Crippen molar-refractivity contribution in [1.82, 2.24) is 0 Å². The molecule has 0 aliphatic carbocycles. The first-order valence-corrected chi connectivity index (χ1v) is 11.9. The molecule has 0 bridgehead atoms. The quantitative estimate of drug-likeness (QED) is 0.321. The summed E-state index contributed by atoms with van der Waals surface area (Å²) in [6, 6.07) is 25.2. The molecule has 0 unspecified atom stereocenters. The molecule has 0 amide bonds. The lowest BCUT2D eigenvalue weighted by atomic mass is 9.96. The van der Waals surface area contributed by atoms with Gasteiger partial charge in [0.15, 0.2) is 6.20 Å². The van der Waals surface area contributed by atoms with Gasteiger partial charge in [0.05, 0.1) is 30.4 Å². The van der Waals surface area contributed by atoms with Crippen LogP contribution in [0.3, 0.4) is 0 Å². The second-order valence-corrected chi connectivity index (χ2v) is 9.06. The van der Waals surface area contributed by atoms with Gasteiger partial charge in [0.2, 0.25) is 5.69 Å². The zero-order valence-electron chi connectivity index (χ0n) is 19.9. The Morgan fingerprint density at radius 3 is 2.29 bits per heavy atom. The summed E-state index contributed by atoms with van der Waals surface area (Å²) in [5.41, 5.74) is 8.52. The van der Waals surface area contributed by atoms with Gasteiger partial charge in [-0.25, -0.2) is 4.57 Å². The van der Waals surface area contributed by atoms with Gasteiger partial charge < -0.3 is 14.1 Å². The molecule has 3 heterocycles. The molecule has 5 nitrogen and oxygen atoms in total. The molecule has 5 aromatic rings. The van der Waals surface area contributed by atoms with Gasteiger partial charge in [0.25, 0.3) is 0 Å². The van der Waals surface area contributed by atoms with Crippen LogP contribution in [0.2, 0.25) is 0 Å². The Hall–Kier alpha value is -4.14. The van der Waals surface area contributed by atoms with Crippen LogP contribution in [0.1, 0.15) is 11.1 Å². The number of nitriles is 1. The summed E-state index contributed by atoms with van der Waals surface area (Å²) < 4.78 is 14.3. The van der Waals surface area contributed by atoms with Gasteiger partial charge in [-0.15, -0.1) is 0 Å². The number of fused-ring (bicyclic) bond motifs is 3. The van der Waals surface area contributed by atoms with Crippen LogP contribution in [0.4, 0.5) is 5.69 Å². The number of benzene rings is 3. The molecule has 1 fully saturated rings. The number of aromatic nitrogens is 1. The Bertz CT molecular complexity index is 1600. The maximum atomic E-state index is 9.97. The van der Waals surface area contributed by atoms with E-state index in [0.717, 1.165) is 76.2 Å². The molecule has 1 aliphatic heterocycles. The minimum atomic E-state index is 0.610. The van der Waals surface area contributed by atoms with Crippen molar-refractivity contribution >= 4 is 27.6 Å². The summed E-state index contributed by atoms with van der Waals surface area (Å²) >= 11 is 0. The minimum Gasteiger partial charge on any atom is -0.454 e. The van der Waals surface area contributed by atoms with Gasteiger partial charge in [-0.1, -0.05) is 24.3 Å². The summed E-state index contributed by atoms with van der Waals surface area (Å²) in [7, 11) is 2.05. The molecule has 6 rings (SSSR count). The Morgan fingerprint density at radius 1 is 0.857 bits per heavy atom. The smallest absolute Gasteiger partial charge is 0.216 e. The average Bonchev–Trinajstić information content (AvgIpc) is 3.28. The van der Waals surface area contributed by atoms with Gasteiger partial charge in [-0.05, 0) is 48.4 Å². The molecule has 0 radical (unpaired) electrons. The van der Waals surface area contributed by atoms with Crippen LogP contribution in [-0.2, 0) is 11.8 Å². The summed E-state index contributed by atoms with van der Waals surface area (Å²) in [6.07, 6.45) is 2.05. The van der Waals surface area contributed by atoms with Crippen LogP contribution < -0.4 is 9.47 Å². The third-order valence-electron chi connectivity index (χ3n) is 6.98. The highest BCUT2D eigenvalue weighted by molar-refractivity contribution is 6.14. The first-order valence-electron chi connectivity index (χ1n) is 11.9. The normalized spacial score (nSPS) is 13.9. The van der Waals surface area contributed by atoms with Gasteiger partial charge in [-0.2, -0.15) is 5.26 Å². The fourth-order valence-corrected chi connectivity index (χ4v) is 5.14. The van der Waals surface area contributed by atoms with Crippen molar-refractivity contribution in [2.75, 3.05) is 31.2 Å². The van der Waals surface area contributed by atoms with Gasteiger partial charge in [0.1, 0.15) is 18.2 Å². The number of pyridine rings is 1. The van der Waals surface area contributed by atoms with Crippen molar-refractivity contribution in [1.29, 1.82) is 5.26 Å². The van der Waals surface area contributed by atoms with Crippen LogP contribution in [0.15, 0.2) is 77.3 Å². The zero-order valence-corrected chi connectivity index (χ0v) is 19.9. The van der Waals surface area contributed by atoms with Crippen LogP contribution in [0.5, 0.6) is 0 Å². The highest BCUT2D eigenvalue weighted by Crippen LogP contribution is 2.42. The summed E-state index contributed by atoms with van der Waals surface area (Å²) in [6.45, 7) is 5.39. The van der Waals surface area contributed by atoms with E-state index in [4.69, 9.17) is 9.15 Å². The van der Waals surface area contributed by atoms with Crippen LogP contribution in [0.25, 0.3) is 44.3 Å². The molecule has 2 aromatic heterocycles. The zero-order chi connectivity index (χ0) is 23.9. The molecule has 0 spiro atoms. The van der Waals surface area contributed by atoms with E-state index in [9.17, 15) is 5.26 Å². The third kappa shape index (κ3) is 3.54. The monoisotopic (exact) mass is 460 g/mol. The molecule has 1 saturated heterocycles. The molecule has 0 N–H and O–H groups in total. The van der Waals surface area contributed by atoms with Crippen molar-refractivity contribution in [2.24, 2.45) is 7.05 Å². The lowest BCUT2D eigenvalue weighted by Gasteiger charge is -2.28. The number of morpholine rings is 1. The summed E-state index contributed by atoms with van der Waals surface area (Å²) in [4.78, 5) is 2.33. The molecule has 0 saturated carbocycles. The largest absolute Gasteiger partial charge is 0.454 e. The van der Waals surface area contributed by atoms with E-state index in [0.29, 0.717) is 5.56 Å². The Labute approximate surface area is 204 Å². The van der Waals surface area contributed by atoms with Crippen molar-refractivity contribution in [3.8, 4) is 28.5 Å². The van der Waals surface area contributed by atoms with E-state index >= 15 is 0 Å². The number of hydrogen-bond donors (Lipinski definition) is 0. The predicted molar refractivity (Wildman–Crippen MR) is 138 cm³/mol. The van der Waals surface area contributed by atoms with Crippen molar-refractivity contribution in [3.05, 3.63) is 84.1 Å². The van der Waals surface area contributed by atoms with E-state index in [1.807, 2.05) is 37.5 Å². The fourth-order valence-electron chi connectivity index (χ4n) is 5.14. The highest BCUT2D eigenvalue weighted by Gasteiger charge is 2.23. The number of rotatable bonds is 3. The molecule has 35 heavy (non-hydrogen) atoms. The second-order valence-electron chi connectivity index (χ2n) is 9.06. The summed E-state index contributed by atoms with van der Waals surface area (Å²) in [5.74, 6) is 0. The number of aryl methyl sites for hydroxylation is 2. The molecule has 5 heteroatoms. The SMILES string of the molecule is Cc1ccc2c(oc3c(-c4ccc(N5CCOCC5)cc4)c(C#N)ccc32)c1-c1cccc[n+]1C. The van der Waals surface area contributed by atoms with Crippen molar-refractivity contribution < 1.29 is 13.7 Å². The lowest BCUT2D eigenvalue weighted by Crippen LogP contribution is -2.36. The second kappa shape index (κ2) is 8.57. The number of ether oxygens (including phenoxy) is 1. The van der Waals surface area contributed by atoms with E-state index < -0.39 is 0 Å². The van der Waals surface area contributed by atoms with Crippen LogP contribution in [-0.4, -0.2) is 26.3 Å². The Kier molecular flexibility index (Phi) is 5.24. The topological polar surface area (TPSA) is 53.3 Å². The summed E-state index contributed by atoms with van der Waals surface area (Å²) in [5, 5.41) is 12.0. The van der Waals surface area contributed by atoms with E-state index in [2.05, 4.69) is 64.9 Å². The molecular formula is C30H26N3O2+. The van der Waals surface area contributed by atoms with E-state index in [1.54, 1.807) is 0 Å². The number of nitrogens with zero attached hydrogens (tertiary/aromatic N) is 3. The van der Waals surface area contributed by atoms with Crippen LogP contribution in [0, 0.1) is 18.3 Å². The average molecular weight is 461 g/mol. The highest BCUT2D eigenvalue weighted by atomic mass is 16.5. The predicted octanol–water partition coefficient (Wildman–Crippen LogP) is 5.76. The number of anilines is 1. The minimum absolute atomic E-state index is 0.610. The van der Waals surface area contributed by atoms with Gasteiger partial charge >= 0.3 is 0 Å². The molecule has 1 aliphatic rings. The molecule has 172 valence electrons. The fraction of sp³-hybridized carbons (Fsp3) is 0.200. The van der Waals surface area contributed by atoms with E-state index in [-0.39, 0.29) is 0 Å². The Balaban J connectivity index is 1.57. The first-order chi connectivity index (χ1) is 17.2. The van der Waals surface area contributed by atoms with Crippen molar-refractivity contribution in [2.45, 2.75) is 6.92 Å². The molecular weight excluding hydrogens is 434 g/mol. The number of hydrogen-bond acceptors (Lipinski definition) is 4. The third-order valence-corrected chi connectivity index (χ3v) is 6.98. The van der Waals surface area contributed by atoms with E-state index in [1.165, 1.54) is 5.69 Å². The van der Waals surface area contributed by atoms with Gasteiger partial charge in [0, 0.05) is 47.2 Å². The maximum Gasteiger partial charge on any atom is 0.216 e. The molecule has 0 atom stereocenters. The lowest BCUT2D eigenvalue weighted by molar-refractivity contribution is -0.660. The van der Waals surface area contributed by atoms with Crippen molar-refractivity contribution in [3.63, 3.8) is 0 Å². The molecule has 3 aromatic carbocycles. The maximum absolute atomic E-state index is 9.97. The standard InChI is InChI=1S/C30H26N3O2/c1-20-6-12-24-25-13-9-22(19-31)28(21-7-10-23(11-8-21)33-15-17-34-18-16-33)30(25)35-29(24)27(20)26-5-3-4-14-32(26)2/h3-14H,15-18H2,1-2H3/q+1. The van der Waals surface area contributed by atoms with Crippen LogP contribution >= 0.6 is 0 Å².